The lowest BCUT2D eigenvalue weighted by molar-refractivity contribution is -0.418. The van der Waals surface area contributed by atoms with Gasteiger partial charge in [-0.3, -0.25) is 14.9 Å². The predicted molar refractivity (Wildman–Crippen MR) is 62.5 cm³/mol. The van der Waals surface area contributed by atoms with Crippen LogP contribution in [-0.4, -0.2) is 10.7 Å². The third-order valence-corrected chi connectivity index (χ3v) is 3.03. The summed E-state index contributed by atoms with van der Waals surface area (Å²) in [5, 5.41) is 10.7. The number of ketones is 1. The smallest absolute Gasteiger partial charge is 0.282 e. The summed E-state index contributed by atoms with van der Waals surface area (Å²) < 4.78 is 27.0. The highest BCUT2D eigenvalue weighted by atomic mass is 19.1. The molecule has 0 spiro atoms. The molecule has 1 aromatic carbocycles. The van der Waals surface area contributed by atoms with Crippen molar-refractivity contribution >= 4 is 17.4 Å². The maximum atomic E-state index is 13.9. The normalized spacial score (nSPS) is 16.8. The number of rotatable bonds is 1. The number of nitro groups is 1. The average molecular weight is 261 g/mol. The van der Waals surface area contributed by atoms with Crippen LogP contribution in [0.1, 0.15) is 11.1 Å². The largest absolute Gasteiger partial charge is 0.319 e. The summed E-state index contributed by atoms with van der Waals surface area (Å²) >= 11 is 0. The van der Waals surface area contributed by atoms with E-state index in [1.54, 1.807) is 0 Å². The summed E-state index contributed by atoms with van der Waals surface area (Å²) in [5.74, 6) is -2.24. The molecule has 0 aromatic heterocycles. The number of nitrogens with zero attached hydrogens (tertiary/aromatic N) is 1. The molecular weight excluding hydrogens is 256 g/mol. The molecule has 0 saturated carbocycles. The molecule has 94 valence electrons. The number of carbonyl (C=O) groups is 1. The van der Waals surface area contributed by atoms with E-state index in [1.807, 2.05) is 0 Å². The quantitative estimate of drug-likeness (QED) is 0.576. The molecule has 0 aliphatic heterocycles. The van der Waals surface area contributed by atoms with Gasteiger partial charge in [-0.05, 0) is 29.3 Å². The van der Waals surface area contributed by atoms with Crippen molar-refractivity contribution in [3.8, 4) is 0 Å². The number of fused-ring (bicyclic) bond motifs is 3. The van der Waals surface area contributed by atoms with E-state index in [-0.39, 0.29) is 11.1 Å². The van der Waals surface area contributed by atoms with Crippen molar-refractivity contribution in [3.05, 3.63) is 68.4 Å². The molecule has 3 rings (SSSR count). The Kier molecular flexibility index (Phi) is 2.22. The van der Waals surface area contributed by atoms with Gasteiger partial charge in [-0.2, -0.15) is 0 Å². The molecule has 0 radical (unpaired) electrons. The van der Waals surface area contributed by atoms with Crippen LogP contribution in [0.3, 0.4) is 0 Å². The highest BCUT2D eigenvalue weighted by Crippen LogP contribution is 2.42. The maximum Gasteiger partial charge on any atom is 0.319 e. The van der Waals surface area contributed by atoms with Crippen LogP contribution in [0, 0.1) is 15.9 Å². The van der Waals surface area contributed by atoms with E-state index in [0.717, 1.165) is 12.1 Å². The Balaban J connectivity index is 2.26. The number of allylic oxidation sites excluding steroid dienone is 4. The second-order valence-electron chi connectivity index (χ2n) is 4.13. The van der Waals surface area contributed by atoms with Crippen molar-refractivity contribution in [2.45, 2.75) is 0 Å². The summed E-state index contributed by atoms with van der Waals surface area (Å²) in [6.07, 6.45) is 1.87. The van der Waals surface area contributed by atoms with Crippen molar-refractivity contribution < 1.29 is 18.5 Å². The van der Waals surface area contributed by atoms with Gasteiger partial charge in [-0.1, -0.05) is 6.07 Å². The van der Waals surface area contributed by atoms with Crippen LogP contribution in [0.25, 0.3) is 11.6 Å². The molecule has 0 amide bonds. The van der Waals surface area contributed by atoms with Gasteiger partial charge in [0.05, 0.1) is 11.0 Å². The van der Waals surface area contributed by atoms with Crippen molar-refractivity contribution in [3.63, 3.8) is 0 Å². The molecule has 2 aliphatic carbocycles. The van der Waals surface area contributed by atoms with Gasteiger partial charge in [0.2, 0.25) is 0 Å². The van der Waals surface area contributed by atoms with Crippen molar-refractivity contribution in [1.29, 1.82) is 0 Å². The van der Waals surface area contributed by atoms with E-state index in [2.05, 4.69) is 0 Å². The van der Waals surface area contributed by atoms with Crippen LogP contribution < -0.4 is 0 Å². The molecule has 0 atom stereocenters. The molecule has 0 fully saturated rings. The molecule has 0 heterocycles. The lowest BCUT2D eigenvalue weighted by Gasteiger charge is -2.10. The topological polar surface area (TPSA) is 60.2 Å². The first-order valence-corrected chi connectivity index (χ1v) is 5.31. The molecule has 19 heavy (non-hydrogen) atoms. The molecule has 2 aliphatic rings. The Morgan fingerprint density at radius 1 is 1.16 bits per heavy atom. The Labute approximate surface area is 105 Å². The minimum Gasteiger partial charge on any atom is -0.282 e. The first kappa shape index (κ1) is 11.5. The van der Waals surface area contributed by atoms with Gasteiger partial charge < -0.3 is 0 Å². The number of benzene rings is 1. The number of Topliss-reactive ketones (excluding diaryl/α,β-unsaturated/α-hetero) is 1. The molecule has 0 bridgehead atoms. The molecule has 0 saturated heterocycles. The standard InChI is InChI=1S/C13H5F2NO3/c14-7-1-2-8-6(3-7)4-9-12(8)10(15)5-11(13(9)17)16(18)19/h1-5H. The third kappa shape index (κ3) is 1.53. The number of halogens is 2. The lowest BCUT2D eigenvalue weighted by atomic mass is 9.93. The van der Waals surface area contributed by atoms with E-state index in [0.29, 0.717) is 17.2 Å². The van der Waals surface area contributed by atoms with Crippen molar-refractivity contribution in [2.24, 2.45) is 0 Å². The first-order chi connectivity index (χ1) is 8.99. The molecule has 1 aromatic rings. The van der Waals surface area contributed by atoms with Gasteiger partial charge in [-0.15, -0.1) is 0 Å². The van der Waals surface area contributed by atoms with Crippen LogP contribution in [0.4, 0.5) is 8.78 Å². The van der Waals surface area contributed by atoms with Gasteiger partial charge >= 0.3 is 5.70 Å². The fourth-order valence-electron chi connectivity index (χ4n) is 2.22. The number of hydrogen-bond donors (Lipinski definition) is 0. The SMILES string of the molecule is O=C1C2=Cc3cc(F)ccc3C2=C(F)C=C1[N+](=O)[O-]. The summed E-state index contributed by atoms with van der Waals surface area (Å²) in [7, 11) is 0. The van der Waals surface area contributed by atoms with Gasteiger partial charge in [0, 0.05) is 11.1 Å². The van der Waals surface area contributed by atoms with Crippen LogP contribution in [0.2, 0.25) is 0 Å². The summed E-state index contributed by atoms with van der Waals surface area (Å²) in [4.78, 5) is 21.6. The second kappa shape index (κ2) is 3.68. The van der Waals surface area contributed by atoms with E-state index in [9.17, 15) is 23.7 Å². The fourth-order valence-corrected chi connectivity index (χ4v) is 2.22. The maximum absolute atomic E-state index is 13.9. The first-order valence-electron chi connectivity index (χ1n) is 5.31. The molecule has 4 nitrogen and oxygen atoms in total. The predicted octanol–water partition coefficient (Wildman–Crippen LogP) is 2.65. The van der Waals surface area contributed by atoms with Gasteiger partial charge in [0.25, 0.3) is 5.78 Å². The van der Waals surface area contributed by atoms with Gasteiger partial charge in [0.1, 0.15) is 11.6 Å². The monoisotopic (exact) mass is 261 g/mol. The Morgan fingerprint density at radius 3 is 2.58 bits per heavy atom. The summed E-state index contributed by atoms with van der Waals surface area (Å²) in [5.41, 5.74) is -0.230. The number of hydrogen-bond acceptors (Lipinski definition) is 3. The van der Waals surface area contributed by atoms with E-state index in [4.69, 9.17) is 0 Å². The average Bonchev–Trinajstić information content (AvgIpc) is 2.72. The van der Waals surface area contributed by atoms with Crippen LogP contribution in [0.15, 0.2) is 41.4 Å². The van der Waals surface area contributed by atoms with E-state index < -0.39 is 28.0 Å². The molecular formula is C13H5F2NO3. The number of carbonyl (C=O) groups excluding carboxylic acids is 1. The Hall–Kier alpha value is -2.63. The van der Waals surface area contributed by atoms with Gasteiger partial charge in [0.15, 0.2) is 0 Å². The fraction of sp³-hybridized carbons (Fsp3) is 0. The zero-order valence-electron chi connectivity index (χ0n) is 9.31. The lowest BCUT2D eigenvalue weighted by Crippen LogP contribution is -2.17. The molecule has 0 N–H and O–H groups in total. The summed E-state index contributed by atoms with van der Waals surface area (Å²) in [6, 6.07) is 3.65. The second-order valence-corrected chi connectivity index (χ2v) is 4.13. The highest BCUT2D eigenvalue weighted by molar-refractivity contribution is 6.25. The highest BCUT2D eigenvalue weighted by Gasteiger charge is 2.38. The van der Waals surface area contributed by atoms with Crippen molar-refractivity contribution in [2.75, 3.05) is 0 Å². The summed E-state index contributed by atoms with van der Waals surface area (Å²) in [6.45, 7) is 0. The Morgan fingerprint density at radius 2 is 1.89 bits per heavy atom. The third-order valence-electron chi connectivity index (χ3n) is 3.03. The van der Waals surface area contributed by atoms with E-state index in [1.165, 1.54) is 12.1 Å². The van der Waals surface area contributed by atoms with Crippen LogP contribution in [0.5, 0.6) is 0 Å². The Bertz CT molecular complexity index is 744. The van der Waals surface area contributed by atoms with Crippen LogP contribution in [-0.2, 0) is 4.79 Å². The van der Waals surface area contributed by atoms with Crippen LogP contribution >= 0.6 is 0 Å². The molecule has 0 unspecified atom stereocenters. The van der Waals surface area contributed by atoms with Gasteiger partial charge in [-0.25, -0.2) is 8.78 Å². The van der Waals surface area contributed by atoms with E-state index >= 15 is 0 Å². The van der Waals surface area contributed by atoms with Crippen molar-refractivity contribution in [1.82, 2.24) is 0 Å². The zero-order chi connectivity index (χ0) is 13.7. The minimum absolute atomic E-state index is 0.00870. The minimum atomic E-state index is -0.927. The molecule has 6 heteroatoms. The zero-order valence-corrected chi connectivity index (χ0v) is 9.31.